The number of likely N-dealkylation sites (tertiary alicyclic amines) is 1. The molecule has 1 aliphatic heterocycles. The van der Waals surface area contributed by atoms with Gasteiger partial charge in [0, 0.05) is 36.1 Å². The molecule has 3 nitrogen and oxygen atoms in total. The minimum absolute atomic E-state index is 0.376. The average Bonchev–Trinajstić information content (AvgIpc) is 3.13. The third-order valence-electron chi connectivity index (χ3n) is 4.97. The van der Waals surface area contributed by atoms with Crippen molar-refractivity contribution in [2.45, 2.75) is 31.8 Å². The molecule has 0 N–H and O–H groups in total. The van der Waals surface area contributed by atoms with Crippen LogP contribution in [0.25, 0.3) is 0 Å². The summed E-state index contributed by atoms with van der Waals surface area (Å²) in [5.41, 5.74) is 4.61. The van der Waals surface area contributed by atoms with Crippen LogP contribution in [0.2, 0.25) is 5.02 Å². The molecule has 0 radical (unpaired) electrons. The zero-order chi connectivity index (χ0) is 17.8. The van der Waals surface area contributed by atoms with Crippen LogP contribution in [-0.2, 0) is 13.0 Å². The van der Waals surface area contributed by atoms with Gasteiger partial charge in [-0.25, -0.2) is 0 Å². The van der Waals surface area contributed by atoms with Crippen LogP contribution in [0.4, 0.5) is 0 Å². The lowest BCUT2D eigenvalue weighted by Gasteiger charge is -2.24. The zero-order valence-corrected chi connectivity index (χ0v) is 15.4. The maximum atomic E-state index is 6.31. The largest absolute Gasteiger partial charge is 0.290 e. The molecule has 2 aromatic heterocycles. The van der Waals surface area contributed by atoms with Gasteiger partial charge < -0.3 is 0 Å². The summed E-state index contributed by atoms with van der Waals surface area (Å²) in [6.45, 7) is 2.03. The van der Waals surface area contributed by atoms with Gasteiger partial charge in [0.05, 0.1) is 11.7 Å². The van der Waals surface area contributed by atoms with E-state index in [-0.39, 0.29) is 0 Å². The lowest BCUT2D eigenvalue weighted by Crippen LogP contribution is -2.23. The van der Waals surface area contributed by atoms with Crippen molar-refractivity contribution in [1.82, 2.24) is 14.9 Å². The standard InChI is InChI=1S/C22H22ClN3/c23-20-9-2-1-7-18(20)14-19-8-3-10-21(25-19)22-11-5-13-26(22)16-17-6-4-12-24-15-17/h1-4,6-10,12,15,22H,5,11,13-14,16H2/t22-/m0/s1. The Labute approximate surface area is 159 Å². The molecule has 0 aliphatic carbocycles. The number of hydrogen-bond acceptors (Lipinski definition) is 3. The van der Waals surface area contributed by atoms with Gasteiger partial charge in [0.1, 0.15) is 0 Å². The van der Waals surface area contributed by atoms with E-state index in [1.54, 1.807) is 0 Å². The fourth-order valence-corrected chi connectivity index (χ4v) is 3.90. The molecule has 132 valence electrons. The Morgan fingerprint density at radius 3 is 2.81 bits per heavy atom. The van der Waals surface area contributed by atoms with Crippen molar-refractivity contribution in [3.05, 3.63) is 94.5 Å². The maximum Gasteiger partial charge on any atom is 0.0578 e. The summed E-state index contributed by atoms with van der Waals surface area (Å²) in [7, 11) is 0. The average molecular weight is 364 g/mol. The second-order valence-electron chi connectivity index (χ2n) is 6.81. The van der Waals surface area contributed by atoms with Crippen molar-refractivity contribution in [3.63, 3.8) is 0 Å². The van der Waals surface area contributed by atoms with Gasteiger partial charge in [0.2, 0.25) is 0 Å². The van der Waals surface area contributed by atoms with Crippen molar-refractivity contribution >= 4 is 11.6 Å². The van der Waals surface area contributed by atoms with E-state index in [2.05, 4.69) is 40.2 Å². The van der Waals surface area contributed by atoms with Gasteiger partial charge in [0.25, 0.3) is 0 Å². The summed E-state index contributed by atoms with van der Waals surface area (Å²) in [5.74, 6) is 0. The summed E-state index contributed by atoms with van der Waals surface area (Å²) < 4.78 is 0. The Kier molecular flexibility index (Phi) is 5.28. The lowest BCUT2D eigenvalue weighted by molar-refractivity contribution is 0.244. The first-order valence-corrected chi connectivity index (χ1v) is 9.49. The van der Waals surface area contributed by atoms with Crippen molar-refractivity contribution < 1.29 is 0 Å². The lowest BCUT2D eigenvalue weighted by atomic mass is 10.1. The topological polar surface area (TPSA) is 29.0 Å². The Morgan fingerprint density at radius 2 is 1.96 bits per heavy atom. The van der Waals surface area contributed by atoms with Crippen molar-refractivity contribution in [2.24, 2.45) is 0 Å². The van der Waals surface area contributed by atoms with Crippen LogP contribution in [0.5, 0.6) is 0 Å². The fraction of sp³-hybridized carbons (Fsp3) is 0.273. The minimum atomic E-state index is 0.376. The highest BCUT2D eigenvalue weighted by Crippen LogP contribution is 2.32. The molecule has 1 aromatic carbocycles. The smallest absolute Gasteiger partial charge is 0.0578 e. The van der Waals surface area contributed by atoms with Gasteiger partial charge in [-0.2, -0.15) is 0 Å². The summed E-state index contributed by atoms with van der Waals surface area (Å²) in [4.78, 5) is 11.7. The molecule has 0 unspecified atom stereocenters. The summed E-state index contributed by atoms with van der Waals surface area (Å²) in [6.07, 6.45) is 6.91. The van der Waals surface area contributed by atoms with Gasteiger partial charge >= 0.3 is 0 Å². The molecule has 1 atom stereocenters. The highest BCUT2D eigenvalue weighted by molar-refractivity contribution is 6.31. The van der Waals surface area contributed by atoms with Crippen LogP contribution in [-0.4, -0.2) is 21.4 Å². The van der Waals surface area contributed by atoms with Crippen LogP contribution in [0.3, 0.4) is 0 Å². The van der Waals surface area contributed by atoms with E-state index >= 15 is 0 Å². The molecule has 1 fully saturated rings. The van der Waals surface area contributed by atoms with E-state index in [1.807, 2.05) is 36.7 Å². The first-order chi connectivity index (χ1) is 12.8. The van der Waals surface area contributed by atoms with Crippen LogP contribution >= 0.6 is 11.6 Å². The molecule has 3 aromatic rings. The van der Waals surface area contributed by atoms with Crippen LogP contribution in [0.1, 0.15) is 41.4 Å². The number of rotatable bonds is 5. The summed E-state index contributed by atoms with van der Waals surface area (Å²) in [5, 5.41) is 0.804. The molecule has 3 heterocycles. The highest BCUT2D eigenvalue weighted by atomic mass is 35.5. The molecule has 0 spiro atoms. The Morgan fingerprint density at radius 1 is 1.04 bits per heavy atom. The molecular weight excluding hydrogens is 342 g/mol. The zero-order valence-electron chi connectivity index (χ0n) is 14.7. The second kappa shape index (κ2) is 7.98. The third kappa shape index (κ3) is 3.95. The van der Waals surface area contributed by atoms with Gasteiger partial charge in [-0.15, -0.1) is 0 Å². The van der Waals surface area contributed by atoms with Crippen LogP contribution < -0.4 is 0 Å². The Balaban J connectivity index is 1.53. The first-order valence-electron chi connectivity index (χ1n) is 9.12. The molecule has 1 aliphatic rings. The number of benzene rings is 1. The molecule has 4 rings (SSSR count). The van der Waals surface area contributed by atoms with E-state index in [9.17, 15) is 0 Å². The predicted molar refractivity (Wildman–Crippen MR) is 105 cm³/mol. The summed E-state index contributed by atoms with van der Waals surface area (Å²) in [6, 6.07) is 18.9. The van der Waals surface area contributed by atoms with E-state index in [1.165, 1.54) is 12.0 Å². The van der Waals surface area contributed by atoms with E-state index in [4.69, 9.17) is 16.6 Å². The summed E-state index contributed by atoms with van der Waals surface area (Å²) >= 11 is 6.31. The molecular formula is C22H22ClN3. The Hall–Kier alpha value is -2.23. The number of nitrogens with zero attached hydrogens (tertiary/aromatic N) is 3. The fourth-order valence-electron chi connectivity index (χ4n) is 3.70. The van der Waals surface area contributed by atoms with Crippen LogP contribution in [0, 0.1) is 0 Å². The quantitative estimate of drug-likeness (QED) is 0.634. The molecule has 0 saturated carbocycles. The van der Waals surface area contributed by atoms with E-state index < -0.39 is 0 Å². The molecule has 1 saturated heterocycles. The number of halogens is 1. The predicted octanol–water partition coefficient (Wildman–Crippen LogP) is 5.06. The monoisotopic (exact) mass is 363 g/mol. The maximum absolute atomic E-state index is 6.31. The molecule has 0 bridgehead atoms. The highest BCUT2D eigenvalue weighted by Gasteiger charge is 2.27. The minimum Gasteiger partial charge on any atom is -0.290 e. The van der Waals surface area contributed by atoms with E-state index in [0.29, 0.717) is 6.04 Å². The SMILES string of the molecule is Clc1ccccc1Cc1cccc([C@@H]2CCCN2Cc2cccnc2)n1. The van der Waals surface area contributed by atoms with Gasteiger partial charge in [0.15, 0.2) is 0 Å². The van der Waals surface area contributed by atoms with Gasteiger partial charge in [-0.3, -0.25) is 14.9 Å². The number of hydrogen-bond donors (Lipinski definition) is 0. The van der Waals surface area contributed by atoms with Crippen molar-refractivity contribution in [2.75, 3.05) is 6.54 Å². The number of aromatic nitrogens is 2. The first kappa shape index (κ1) is 17.2. The van der Waals surface area contributed by atoms with Crippen molar-refractivity contribution in [3.8, 4) is 0 Å². The normalized spacial score (nSPS) is 17.5. The van der Waals surface area contributed by atoms with Crippen LogP contribution in [0.15, 0.2) is 67.0 Å². The van der Waals surface area contributed by atoms with E-state index in [0.717, 1.165) is 47.9 Å². The Bertz CT molecular complexity index is 866. The second-order valence-corrected chi connectivity index (χ2v) is 7.22. The molecule has 26 heavy (non-hydrogen) atoms. The number of pyridine rings is 2. The van der Waals surface area contributed by atoms with Gasteiger partial charge in [-0.1, -0.05) is 41.9 Å². The third-order valence-corrected chi connectivity index (χ3v) is 5.34. The molecule has 0 amide bonds. The van der Waals surface area contributed by atoms with Gasteiger partial charge in [-0.05, 0) is 54.8 Å². The molecule has 4 heteroatoms. The van der Waals surface area contributed by atoms with Crippen molar-refractivity contribution in [1.29, 1.82) is 0 Å².